The van der Waals surface area contributed by atoms with Crippen LogP contribution in [0.15, 0.2) is 53.7 Å². The van der Waals surface area contributed by atoms with Crippen molar-refractivity contribution in [3.63, 3.8) is 0 Å². The van der Waals surface area contributed by atoms with Crippen LogP contribution in [0.2, 0.25) is 0 Å². The molecular formula is C19H21N5O2S. The average Bonchev–Trinajstić information content (AvgIpc) is 3.15. The van der Waals surface area contributed by atoms with Crippen molar-refractivity contribution >= 4 is 17.7 Å². The Hall–Kier alpha value is -2.87. The van der Waals surface area contributed by atoms with Crippen LogP contribution in [0.4, 0.5) is 0 Å². The van der Waals surface area contributed by atoms with Gasteiger partial charge < -0.3 is 10.1 Å². The average molecular weight is 383 g/mol. The molecule has 8 heteroatoms. The maximum atomic E-state index is 12.4. The summed E-state index contributed by atoms with van der Waals surface area (Å²) in [5.41, 5.74) is 2.91. The van der Waals surface area contributed by atoms with Gasteiger partial charge in [0.25, 0.3) is 0 Å². The van der Waals surface area contributed by atoms with Crippen LogP contribution >= 0.6 is 11.8 Å². The monoisotopic (exact) mass is 383 g/mol. The maximum Gasteiger partial charge on any atom is 0.230 e. The molecule has 0 aliphatic heterocycles. The minimum atomic E-state index is -0.165. The van der Waals surface area contributed by atoms with E-state index in [0.29, 0.717) is 5.16 Å². The molecule has 27 heavy (non-hydrogen) atoms. The van der Waals surface area contributed by atoms with E-state index in [-0.39, 0.29) is 17.7 Å². The van der Waals surface area contributed by atoms with Gasteiger partial charge in [-0.1, -0.05) is 42.1 Å². The number of para-hydroxylation sites is 1. The van der Waals surface area contributed by atoms with Gasteiger partial charge in [0.2, 0.25) is 11.1 Å². The van der Waals surface area contributed by atoms with Crippen LogP contribution in [0, 0.1) is 6.92 Å². The van der Waals surface area contributed by atoms with Crippen LogP contribution in [0.1, 0.15) is 24.1 Å². The first kappa shape index (κ1) is 18.9. The highest BCUT2D eigenvalue weighted by atomic mass is 32.2. The number of hydrogen-bond donors (Lipinski definition) is 1. The van der Waals surface area contributed by atoms with Crippen molar-refractivity contribution in [2.75, 3.05) is 12.9 Å². The second-order valence-electron chi connectivity index (χ2n) is 6.03. The smallest absolute Gasteiger partial charge is 0.230 e. The zero-order valence-electron chi connectivity index (χ0n) is 15.4. The lowest BCUT2D eigenvalue weighted by Crippen LogP contribution is -2.28. The van der Waals surface area contributed by atoms with E-state index in [0.717, 1.165) is 22.6 Å². The number of carbonyl (C=O) groups is 1. The van der Waals surface area contributed by atoms with Crippen LogP contribution in [0.3, 0.4) is 0 Å². The third-order valence-electron chi connectivity index (χ3n) is 4.00. The van der Waals surface area contributed by atoms with E-state index in [1.807, 2.05) is 62.4 Å². The minimum Gasteiger partial charge on any atom is -0.496 e. The molecule has 0 spiro atoms. The van der Waals surface area contributed by atoms with E-state index in [1.165, 1.54) is 11.8 Å². The van der Waals surface area contributed by atoms with Crippen LogP contribution in [0.25, 0.3) is 5.69 Å². The Kier molecular flexibility index (Phi) is 6.08. The topological polar surface area (TPSA) is 81.9 Å². The summed E-state index contributed by atoms with van der Waals surface area (Å²) in [6.45, 7) is 3.94. The van der Waals surface area contributed by atoms with E-state index < -0.39 is 0 Å². The second kappa shape index (κ2) is 8.68. The maximum absolute atomic E-state index is 12.4. The normalized spacial score (nSPS) is 11.8. The molecule has 0 aliphatic carbocycles. The third-order valence-corrected chi connectivity index (χ3v) is 4.92. The minimum absolute atomic E-state index is 0.0998. The zero-order valence-corrected chi connectivity index (χ0v) is 16.2. The molecule has 1 N–H and O–H groups in total. The molecule has 3 aromatic rings. The molecule has 1 unspecified atom stereocenters. The molecule has 1 aromatic heterocycles. The lowest BCUT2D eigenvalue weighted by molar-refractivity contribution is -0.119. The first-order valence-corrected chi connectivity index (χ1v) is 9.47. The van der Waals surface area contributed by atoms with Crippen molar-refractivity contribution in [1.82, 2.24) is 25.5 Å². The molecule has 0 aliphatic rings. The molecule has 1 heterocycles. The number of amides is 1. The fraction of sp³-hybridized carbons (Fsp3) is 0.263. The summed E-state index contributed by atoms with van der Waals surface area (Å²) in [5.74, 6) is 0.865. The number of hydrogen-bond acceptors (Lipinski definition) is 6. The van der Waals surface area contributed by atoms with Gasteiger partial charge in [-0.05, 0) is 48.0 Å². The van der Waals surface area contributed by atoms with Crippen LogP contribution in [0.5, 0.6) is 5.75 Å². The van der Waals surface area contributed by atoms with Gasteiger partial charge in [0.1, 0.15) is 5.75 Å². The molecule has 1 amide bonds. The van der Waals surface area contributed by atoms with E-state index in [4.69, 9.17) is 4.74 Å². The van der Waals surface area contributed by atoms with Crippen LogP contribution in [-0.2, 0) is 4.79 Å². The first-order chi connectivity index (χ1) is 13.1. The van der Waals surface area contributed by atoms with Gasteiger partial charge in [0, 0.05) is 5.56 Å². The molecule has 140 valence electrons. The standard InChI is InChI=1S/C19H21N5O2S/c1-13-7-6-8-15(11-13)24-19(21-22-23-24)27-12-18(25)20-14(2)16-9-4-5-10-17(16)26-3/h4-11,14H,12H2,1-3H3,(H,20,25). The number of aryl methyl sites for hydroxylation is 1. The van der Waals surface area contributed by atoms with Gasteiger partial charge in [-0.3, -0.25) is 4.79 Å². The van der Waals surface area contributed by atoms with Crippen molar-refractivity contribution in [1.29, 1.82) is 0 Å². The molecule has 3 rings (SSSR count). The lowest BCUT2D eigenvalue weighted by Gasteiger charge is -2.17. The van der Waals surface area contributed by atoms with Crippen molar-refractivity contribution in [2.24, 2.45) is 0 Å². The Morgan fingerprint density at radius 1 is 1.26 bits per heavy atom. The van der Waals surface area contributed by atoms with Gasteiger partial charge in [0.05, 0.1) is 24.6 Å². The van der Waals surface area contributed by atoms with Gasteiger partial charge in [-0.15, -0.1) is 5.10 Å². The summed E-state index contributed by atoms with van der Waals surface area (Å²) in [7, 11) is 1.62. The second-order valence-corrected chi connectivity index (χ2v) is 6.97. The van der Waals surface area contributed by atoms with Crippen molar-refractivity contribution < 1.29 is 9.53 Å². The fourth-order valence-corrected chi connectivity index (χ4v) is 3.41. The number of carbonyl (C=O) groups excluding carboxylic acids is 1. The number of thioether (sulfide) groups is 1. The molecule has 0 fully saturated rings. The Labute approximate surface area is 162 Å². The molecule has 1 atom stereocenters. The fourth-order valence-electron chi connectivity index (χ4n) is 2.71. The number of benzene rings is 2. The number of rotatable bonds is 7. The number of methoxy groups -OCH3 is 1. The van der Waals surface area contributed by atoms with Gasteiger partial charge in [-0.25, -0.2) is 0 Å². The number of nitrogens with one attached hydrogen (secondary N) is 1. The highest BCUT2D eigenvalue weighted by Crippen LogP contribution is 2.25. The van der Waals surface area contributed by atoms with Crippen molar-refractivity contribution in [3.05, 3.63) is 59.7 Å². The Morgan fingerprint density at radius 2 is 2.07 bits per heavy atom. The van der Waals surface area contributed by atoms with E-state index >= 15 is 0 Å². The Morgan fingerprint density at radius 3 is 2.85 bits per heavy atom. The summed E-state index contributed by atoms with van der Waals surface area (Å²) in [4.78, 5) is 12.4. The van der Waals surface area contributed by atoms with E-state index in [2.05, 4.69) is 20.8 Å². The Bertz CT molecular complexity index is 928. The molecule has 2 aromatic carbocycles. The van der Waals surface area contributed by atoms with Crippen molar-refractivity contribution in [3.8, 4) is 11.4 Å². The molecule has 0 saturated carbocycles. The molecule has 0 radical (unpaired) electrons. The van der Waals surface area contributed by atoms with Crippen LogP contribution in [-0.4, -0.2) is 39.0 Å². The predicted molar refractivity (Wildman–Crippen MR) is 104 cm³/mol. The number of nitrogens with zero attached hydrogens (tertiary/aromatic N) is 4. The summed E-state index contributed by atoms with van der Waals surface area (Å²) in [5, 5.41) is 15.3. The first-order valence-electron chi connectivity index (χ1n) is 8.49. The van der Waals surface area contributed by atoms with E-state index in [1.54, 1.807) is 11.8 Å². The van der Waals surface area contributed by atoms with Gasteiger partial charge >= 0.3 is 0 Å². The Balaban J connectivity index is 1.63. The number of ether oxygens (including phenoxy) is 1. The molecule has 0 saturated heterocycles. The summed E-state index contributed by atoms with van der Waals surface area (Å²) < 4.78 is 6.99. The van der Waals surface area contributed by atoms with Crippen molar-refractivity contribution in [2.45, 2.75) is 25.0 Å². The molecule has 0 bridgehead atoms. The van der Waals surface area contributed by atoms with Gasteiger partial charge in [0.15, 0.2) is 0 Å². The third kappa shape index (κ3) is 4.65. The SMILES string of the molecule is COc1ccccc1C(C)NC(=O)CSc1nnnn1-c1cccc(C)c1. The highest BCUT2D eigenvalue weighted by molar-refractivity contribution is 7.99. The molecule has 7 nitrogen and oxygen atoms in total. The van der Waals surface area contributed by atoms with E-state index in [9.17, 15) is 4.79 Å². The number of tetrazole rings is 1. The number of aromatic nitrogens is 4. The highest BCUT2D eigenvalue weighted by Gasteiger charge is 2.16. The summed E-state index contributed by atoms with van der Waals surface area (Å²) >= 11 is 1.29. The van der Waals surface area contributed by atoms with Crippen LogP contribution < -0.4 is 10.1 Å². The summed E-state index contributed by atoms with van der Waals surface area (Å²) in [6.07, 6.45) is 0. The predicted octanol–water partition coefficient (Wildman–Crippen LogP) is 2.95. The summed E-state index contributed by atoms with van der Waals surface area (Å²) in [6, 6.07) is 15.3. The zero-order chi connectivity index (χ0) is 19.2. The quantitative estimate of drug-likeness (QED) is 0.632. The largest absolute Gasteiger partial charge is 0.496 e. The lowest BCUT2D eigenvalue weighted by atomic mass is 10.1. The van der Waals surface area contributed by atoms with Gasteiger partial charge in [-0.2, -0.15) is 4.68 Å². The molecular weight excluding hydrogens is 362 g/mol.